The number of rotatable bonds is 2. The predicted octanol–water partition coefficient (Wildman–Crippen LogP) is 5.95. The lowest BCUT2D eigenvalue weighted by atomic mass is 10.0. The number of likely N-dealkylation sites (tertiary alicyclic amines) is 1. The summed E-state index contributed by atoms with van der Waals surface area (Å²) in [5, 5.41) is 4.03. The van der Waals surface area contributed by atoms with E-state index >= 15 is 0 Å². The van der Waals surface area contributed by atoms with Crippen LogP contribution in [0.1, 0.15) is 42.4 Å². The highest BCUT2D eigenvalue weighted by atomic mass is 79.9. The molecule has 10 heteroatoms. The summed E-state index contributed by atoms with van der Waals surface area (Å²) >= 11 is 6.60. The Bertz CT molecular complexity index is 1110. The van der Waals surface area contributed by atoms with Crippen LogP contribution in [0.5, 0.6) is 0 Å². The predicted molar refractivity (Wildman–Crippen MR) is 113 cm³/mol. The van der Waals surface area contributed by atoms with Crippen molar-refractivity contribution in [1.82, 2.24) is 19.5 Å². The van der Waals surface area contributed by atoms with Crippen LogP contribution >= 0.6 is 31.9 Å². The number of hydrogen-bond acceptors (Lipinski definition) is 3. The van der Waals surface area contributed by atoms with Crippen LogP contribution in [0.4, 0.5) is 13.2 Å². The van der Waals surface area contributed by atoms with Gasteiger partial charge in [0.15, 0.2) is 17.0 Å². The SMILES string of the molecule is CC1CCCCN1C(=O)c1nn2c(C(F)(F)F)cc(-c3ccc(Br)cc3)nc2c1Br. The summed E-state index contributed by atoms with van der Waals surface area (Å²) in [6.07, 6.45) is -1.93. The van der Waals surface area contributed by atoms with Crippen molar-refractivity contribution >= 4 is 43.4 Å². The highest BCUT2D eigenvalue weighted by Crippen LogP contribution is 2.35. The fourth-order valence-electron chi connectivity index (χ4n) is 3.63. The maximum Gasteiger partial charge on any atom is 0.433 e. The number of hydrogen-bond donors (Lipinski definition) is 0. The molecule has 2 aromatic heterocycles. The maximum absolute atomic E-state index is 13.8. The summed E-state index contributed by atoms with van der Waals surface area (Å²) in [7, 11) is 0. The molecule has 0 radical (unpaired) electrons. The minimum absolute atomic E-state index is 0.0105. The van der Waals surface area contributed by atoms with E-state index in [4.69, 9.17) is 0 Å². The summed E-state index contributed by atoms with van der Waals surface area (Å²) in [6, 6.07) is 7.77. The summed E-state index contributed by atoms with van der Waals surface area (Å²) in [6.45, 7) is 2.50. The average molecular weight is 546 g/mol. The molecule has 0 N–H and O–H groups in total. The quantitative estimate of drug-likeness (QED) is 0.399. The fraction of sp³-hybridized carbons (Fsp3) is 0.350. The zero-order chi connectivity index (χ0) is 21.6. The molecule has 1 saturated heterocycles. The molecule has 3 aromatic rings. The van der Waals surface area contributed by atoms with Crippen LogP contribution in [0.25, 0.3) is 16.9 Å². The second-order valence-electron chi connectivity index (χ2n) is 7.27. The van der Waals surface area contributed by atoms with E-state index in [-0.39, 0.29) is 27.5 Å². The first-order chi connectivity index (χ1) is 14.2. The molecule has 158 valence electrons. The summed E-state index contributed by atoms with van der Waals surface area (Å²) < 4.78 is 43.2. The third kappa shape index (κ3) is 3.87. The second kappa shape index (κ2) is 7.96. The Kier molecular flexibility index (Phi) is 5.65. The summed E-state index contributed by atoms with van der Waals surface area (Å²) in [4.78, 5) is 19.1. The van der Waals surface area contributed by atoms with E-state index in [2.05, 4.69) is 41.9 Å². The van der Waals surface area contributed by atoms with Gasteiger partial charge in [-0.1, -0.05) is 28.1 Å². The third-order valence-electron chi connectivity index (χ3n) is 5.23. The molecule has 1 unspecified atom stereocenters. The number of fused-ring (bicyclic) bond motifs is 1. The number of amides is 1. The van der Waals surface area contributed by atoms with Crippen molar-refractivity contribution in [3.8, 4) is 11.3 Å². The van der Waals surface area contributed by atoms with Crippen molar-refractivity contribution < 1.29 is 18.0 Å². The molecule has 1 aromatic carbocycles. The van der Waals surface area contributed by atoms with Crippen LogP contribution in [-0.4, -0.2) is 38.0 Å². The minimum atomic E-state index is -4.67. The van der Waals surface area contributed by atoms with Crippen molar-refractivity contribution in [1.29, 1.82) is 0 Å². The molecular weight excluding hydrogens is 529 g/mol. The Balaban J connectivity index is 1.88. The van der Waals surface area contributed by atoms with Gasteiger partial charge in [0.25, 0.3) is 5.91 Å². The zero-order valence-electron chi connectivity index (χ0n) is 15.9. The first-order valence-corrected chi connectivity index (χ1v) is 11.0. The third-order valence-corrected chi connectivity index (χ3v) is 6.49. The molecule has 1 aliphatic heterocycles. The molecule has 1 fully saturated rings. The normalized spacial score (nSPS) is 17.5. The van der Waals surface area contributed by atoms with Gasteiger partial charge in [0, 0.05) is 22.6 Å². The molecule has 1 atom stereocenters. The van der Waals surface area contributed by atoms with E-state index in [9.17, 15) is 18.0 Å². The molecule has 0 bridgehead atoms. The van der Waals surface area contributed by atoms with Crippen LogP contribution in [0, 0.1) is 0 Å². The smallest absolute Gasteiger partial charge is 0.335 e. The molecule has 5 nitrogen and oxygen atoms in total. The lowest BCUT2D eigenvalue weighted by Gasteiger charge is -2.32. The van der Waals surface area contributed by atoms with Gasteiger partial charge in [-0.25, -0.2) is 9.50 Å². The van der Waals surface area contributed by atoms with Gasteiger partial charge in [-0.15, -0.1) is 0 Å². The van der Waals surface area contributed by atoms with Crippen molar-refractivity contribution in [2.45, 2.75) is 38.4 Å². The van der Waals surface area contributed by atoms with E-state index in [0.29, 0.717) is 16.6 Å². The molecule has 0 saturated carbocycles. The molecular formula is C20H17Br2F3N4O. The van der Waals surface area contributed by atoms with Gasteiger partial charge < -0.3 is 4.90 Å². The Morgan fingerprint density at radius 1 is 1.17 bits per heavy atom. The lowest BCUT2D eigenvalue weighted by Crippen LogP contribution is -2.42. The Labute approximate surface area is 187 Å². The van der Waals surface area contributed by atoms with E-state index < -0.39 is 17.8 Å². The molecule has 1 amide bonds. The first kappa shape index (κ1) is 21.3. The van der Waals surface area contributed by atoms with E-state index in [0.717, 1.165) is 29.8 Å². The number of benzene rings is 1. The minimum Gasteiger partial charge on any atom is -0.335 e. The highest BCUT2D eigenvalue weighted by molar-refractivity contribution is 9.11. The van der Waals surface area contributed by atoms with Gasteiger partial charge in [0.2, 0.25) is 0 Å². The standard InChI is InChI=1S/C20H17Br2F3N4O/c1-11-4-2-3-9-28(11)19(30)17-16(22)18-26-14(12-5-7-13(21)8-6-12)10-15(20(23,24)25)29(18)27-17/h5-8,10-11H,2-4,9H2,1H3. The van der Waals surface area contributed by atoms with Crippen molar-refractivity contribution in [2.75, 3.05) is 6.54 Å². The van der Waals surface area contributed by atoms with Crippen LogP contribution in [0.2, 0.25) is 0 Å². The maximum atomic E-state index is 13.8. The number of halogens is 5. The zero-order valence-corrected chi connectivity index (χ0v) is 19.1. The van der Waals surface area contributed by atoms with Crippen LogP contribution in [0.3, 0.4) is 0 Å². The van der Waals surface area contributed by atoms with Crippen LogP contribution < -0.4 is 0 Å². The molecule has 3 heterocycles. The molecule has 0 aliphatic carbocycles. The molecule has 30 heavy (non-hydrogen) atoms. The number of nitrogens with zero attached hydrogens (tertiary/aromatic N) is 4. The van der Waals surface area contributed by atoms with Gasteiger partial charge >= 0.3 is 6.18 Å². The Hall–Kier alpha value is -1.94. The van der Waals surface area contributed by atoms with Gasteiger partial charge in [0.05, 0.1) is 10.2 Å². The lowest BCUT2D eigenvalue weighted by molar-refractivity contribution is -0.142. The number of carbonyl (C=O) groups is 1. The van der Waals surface area contributed by atoms with Crippen LogP contribution in [-0.2, 0) is 6.18 Å². The highest BCUT2D eigenvalue weighted by Gasteiger charge is 2.37. The van der Waals surface area contributed by atoms with E-state index in [1.165, 1.54) is 0 Å². The van der Waals surface area contributed by atoms with Crippen LogP contribution in [0.15, 0.2) is 39.3 Å². The van der Waals surface area contributed by atoms with Gasteiger partial charge in [-0.2, -0.15) is 18.3 Å². The monoisotopic (exact) mass is 544 g/mol. The number of carbonyl (C=O) groups excluding carboxylic acids is 1. The Morgan fingerprint density at radius 3 is 2.50 bits per heavy atom. The number of aromatic nitrogens is 3. The largest absolute Gasteiger partial charge is 0.433 e. The van der Waals surface area contributed by atoms with Gasteiger partial charge in [0.1, 0.15) is 0 Å². The summed E-state index contributed by atoms with van der Waals surface area (Å²) in [5.74, 6) is -0.391. The number of piperidine rings is 1. The Morgan fingerprint density at radius 2 is 1.87 bits per heavy atom. The van der Waals surface area contributed by atoms with Crippen molar-refractivity contribution in [2.24, 2.45) is 0 Å². The fourth-order valence-corrected chi connectivity index (χ4v) is 4.40. The van der Waals surface area contributed by atoms with Gasteiger partial charge in [-0.05, 0) is 60.3 Å². The molecule has 1 aliphatic rings. The van der Waals surface area contributed by atoms with Crippen molar-refractivity contribution in [3.05, 3.63) is 50.7 Å². The average Bonchev–Trinajstić information content (AvgIpc) is 3.03. The van der Waals surface area contributed by atoms with Crippen molar-refractivity contribution in [3.63, 3.8) is 0 Å². The topological polar surface area (TPSA) is 50.5 Å². The van der Waals surface area contributed by atoms with E-state index in [1.807, 2.05) is 6.92 Å². The first-order valence-electron chi connectivity index (χ1n) is 9.40. The molecule has 4 rings (SSSR count). The summed E-state index contributed by atoms with van der Waals surface area (Å²) in [5.41, 5.74) is -0.424. The van der Waals surface area contributed by atoms with E-state index in [1.54, 1.807) is 29.2 Å². The second-order valence-corrected chi connectivity index (χ2v) is 8.98. The number of alkyl halides is 3. The molecule has 0 spiro atoms. The van der Waals surface area contributed by atoms with Gasteiger partial charge in [-0.3, -0.25) is 4.79 Å².